The van der Waals surface area contributed by atoms with Crippen molar-refractivity contribution in [3.05, 3.63) is 107 Å². The van der Waals surface area contributed by atoms with E-state index in [0.717, 1.165) is 36.1 Å². The first kappa shape index (κ1) is 26.2. The van der Waals surface area contributed by atoms with Gasteiger partial charge in [0.25, 0.3) is 0 Å². The molecule has 3 aromatic rings. The van der Waals surface area contributed by atoms with E-state index in [9.17, 15) is 26.3 Å². The van der Waals surface area contributed by atoms with E-state index in [1.165, 1.54) is 6.92 Å². The third-order valence-corrected chi connectivity index (χ3v) is 6.79. The van der Waals surface area contributed by atoms with Gasteiger partial charge in [-0.3, -0.25) is 0 Å². The summed E-state index contributed by atoms with van der Waals surface area (Å²) in [4.78, 5) is 0. The summed E-state index contributed by atoms with van der Waals surface area (Å²) < 4.78 is 85.7. The summed E-state index contributed by atoms with van der Waals surface area (Å²) in [5.41, 5.74) is -1.01. The zero-order valence-electron chi connectivity index (χ0n) is 19.7. The molecule has 1 aliphatic carbocycles. The van der Waals surface area contributed by atoms with E-state index in [4.69, 9.17) is 4.74 Å². The second kappa shape index (κ2) is 10.3. The summed E-state index contributed by atoms with van der Waals surface area (Å²) in [5.74, 6) is 0. The van der Waals surface area contributed by atoms with Crippen LogP contribution < -0.4 is 5.32 Å². The molecule has 0 aliphatic heterocycles. The fraction of sp³-hybridized carbons (Fsp3) is 0.357. The molecule has 1 unspecified atom stereocenters. The minimum absolute atomic E-state index is 0.136. The average Bonchev–Trinajstić information content (AvgIpc) is 2.82. The van der Waals surface area contributed by atoms with Crippen molar-refractivity contribution in [3.63, 3.8) is 0 Å². The van der Waals surface area contributed by atoms with E-state index >= 15 is 0 Å². The van der Waals surface area contributed by atoms with E-state index in [2.05, 4.69) is 5.32 Å². The highest BCUT2D eigenvalue weighted by atomic mass is 19.4. The van der Waals surface area contributed by atoms with Crippen LogP contribution in [0.3, 0.4) is 0 Å². The predicted molar refractivity (Wildman–Crippen MR) is 125 cm³/mol. The molecule has 1 fully saturated rings. The van der Waals surface area contributed by atoms with E-state index in [0.29, 0.717) is 6.54 Å². The molecule has 3 aromatic carbocycles. The van der Waals surface area contributed by atoms with Crippen LogP contribution in [-0.2, 0) is 29.0 Å². The van der Waals surface area contributed by atoms with Crippen LogP contribution in [0.15, 0.2) is 78.9 Å². The van der Waals surface area contributed by atoms with Crippen LogP contribution in [-0.4, -0.2) is 12.6 Å². The van der Waals surface area contributed by atoms with Gasteiger partial charge >= 0.3 is 12.4 Å². The summed E-state index contributed by atoms with van der Waals surface area (Å²) in [7, 11) is 0. The first-order valence-electron chi connectivity index (χ1n) is 11.7. The van der Waals surface area contributed by atoms with Crippen LogP contribution in [0.5, 0.6) is 0 Å². The van der Waals surface area contributed by atoms with Crippen LogP contribution >= 0.6 is 0 Å². The lowest BCUT2D eigenvalue weighted by molar-refractivity contribution is -0.143. The molecule has 0 spiro atoms. The average molecular weight is 508 g/mol. The molecule has 1 saturated carbocycles. The van der Waals surface area contributed by atoms with Gasteiger partial charge in [0.15, 0.2) is 0 Å². The normalized spacial score (nSPS) is 21.1. The van der Waals surface area contributed by atoms with Crippen LogP contribution in [0.4, 0.5) is 26.3 Å². The number of rotatable bonds is 8. The lowest BCUT2D eigenvalue weighted by Crippen LogP contribution is -2.53. The van der Waals surface area contributed by atoms with Gasteiger partial charge in [-0.1, -0.05) is 60.7 Å². The van der Waals surface area contributed by atoms with E-state index in [-0.39, 0.29) is 29.7 Å². The Morgan fingerprint density at radius 2 is 1.36 bits per heavy atom. The molecule has 4 rings (SSSR count). The maximum atomic E-state index is 13.3. The highest BCUT2D eigenvalue weighted by Crippen LogP contribution is 2.45. The molecule has 8 heteroatoms. The molecule has 0 heterocycles. The molecular weight excluding hydrogens is 480 g/mol. The molecule has 0 amide bonds. The number of halogens is 6. The Balaban J connectivity index is 1.49. The molecule has 36 heavy (non-hydrogen) atoms. The van der Waals surface area contributed by atoms with Gasteiger partial charge in [0.1, 0.15) is 0 Å². The maximum absolute atomic E-state index is 13.3. The lowest BCUT2D eigenvalue weighted by Gasteiger charge is -2.49. The summed E-state index contributed by atoms with van der Waals surface area (Å²) in [6.07, 6.45) is -9.26. The monoisotopic (exact) mass is 507 g/mol. The minimum atomic E-state index is -4.90. The van der Waals surface area contributed by atoms with Crippen molar-refractivity contribution in [2.45, 2.75) is 56.2 Å². The SMILES string of the molecule is CC(OCC1(c2ccccc2)CC(NCc2ccccc2)C1)c1cc(C(F)(F)F)cc(C(F)(F)F)c1. The van der Waals surface area contributed by atoms with Crippen molar-refractivity contribution in [2.75, 3.05) is 6.61 Å². The number of hydrogen-bond donors (Lipinski definition) is 1. The Bertz CT molecular complexity index is 1110. The topological polar surface area (TPSA) is 21.3 Å². The standard InChI is InChI=1S/C28H27F6NO/c1-19(21-12-23(27(29,30)31)14-24(13-21)28(32,33)34)36-18-26(22-10-6-3-7-11-22)15-25(16-26)35-17-20-8-4-2-5-9-20/h2-14,19,25,35H,15-18H2,1H3. The van der Waals surface area contributed by atoms with Gasteiger partial charge in [-0.05, 0) is 54.7 Å². The third-order valence-electron chi connectivity index (χ3n) is 6.79. The van der Waals surface area contributed by atoms with Gasteiger partial charge in [0.2, 0.25) is 0 Å². The molecular formula is C28H27F6NO. The lowest BCUT2D eigenvalue weighted by atomic mass is 9.62. The van der Waals surface area contributed by atoms with Crippen LogP contribution in [0.25, 0.3) is 0 Å². The van der Waals surface area contributed by atoms with Crippen molar-refractivity contribution in [2.24, 2.45) is 0 Å². The Labute approximate surface area is 206 Å². The summed E-state index contributed by atoms with van der Waals surface area (Å²) >= 11 is 0. The molecule has 1 aliphatic rings. The van der Waals surface area contributed by atoms with Crippen molar-refractivity contribution in [1.29, 1.82) is 0 Å². The van der Waals surface area contributed by atoms with Gasteiger partial charge in [-0.25, -0.2) is 0 Å². The van der Waals surface area contributed by atoms with Crippen molar-refractivity contribution >= 4 is 0 Å². The predicted octanol–water partition coefficient (Wildman–Crippen LogP) is 7.69. The van der Waals surface area contributed by atoms with E-state index < -0.39 is 29.6 Å². The molecule has 0 radical (unpaired) electrons. The zero-order valence-corrected chi connectivity index (χ0v) is 19.7. The van der Waals surface area contributed by atoms with Gasteiger partial charge < -0.3 is 10.1 Å². The van der Waals surface area contributed by atoms with Crippen molar-refractivity contribution in [1.82, 2.24) is 5.32 Å². The minimum Gasteiger partial charge on any atom is -0.373 e. The molecule has 2 nitrogen and oxygen atoms in total. The molecule has 0 bridgehead atoms. The first-order valence-corrected chi connectivity index (χ1v) is 11.7. The summed E-state index contributed by atoms with van der Waals surface area (Å²) in [5, 5.41) is 3.52. The summed E-state index contributed by atoms with van der Waals surface area (Å²) in [6, 6.07) is 21.5. The Morgan fingerprint density at radius 3 is 1.89 bits per heavy atom. The number of alkyl halides is 6. The molecule has 1 atom stereocenters. The van der Waals surface area contributed by atoms with Gasteiger partial charge in [-0.2, -0.15) is 26.3 Å². The van der Waals surface area contributed by atoms with E-state index in [1.807, 2.05) is 60.7 Å². The smallest absolute Gasteiger partial charge is 0.373 e. The number of nitrogens with one attached hydrogen (secondary N) is 1. The van der Waals surface area contributed by atoms with Gasteiger partial charge in [0, 0.05) is 18.0 Å². The Kier molecular flexibility index (Phi) is 7.48. The van der Waals surface area contributed by atoms with Crippen LogP contribution in [0.2, 0.25) is 0 Å². The molecule has 1 N–H and O–H groups in total. The van der Waals surface area contributed by atoms with Gasteiger partial charge in [0.05, 0.1) is 23.8 Å². The zero-order chi connectivity index (χ0) is 26.0. The van der Waals surface area contributed by atoms with Crippen LogP contribution in [0.1, 0.15) is 53.7 Å². The van der Waals surface area contributed by atoms with E-state index in [1.54, 1.807) is 0 Å². The number of benzene rings is 3. The van der Waals surface area contributed by atoms with Crippen LogP contribution in [0, 0.1) is 0 Å². The highest BCUT2D eigenvalue weighted by Gasteiger charge is 2.46. The second-order valence-corrected chi connectivity index (χ2v) is 9.41. The summed E-state index contributed by atoms with van der Waals surface area (Å²) in [6.45, 7) is 2.37. The van der Waals surface area contributed by atoms with Gasteiger partial charge in [-0.15, -0.1) is 0 Å². The Hall–Kier alpha value is -2.84. The third kappa shape index (κ3) is 6.10. The highest BCUT2D eigenvalue weighted by molar-refractivity contribution is 5.35. The largest absolute Gasteiger partial charge is 0.416 e. The quantitative estimate of drug-likeness (QED) is 0.316. The maximum Gasteiger partial charge on any atom is 0.416 e. The fourth-order valence-corrected chi connectivity index (χ4v) is 4.71. The first-order chi connectivity index (χ1) is 17.0. The molecule has 192 valence electrons. The Morgan fingerprint density at radius 1 is 0.833 bits per heavy atom. The van der Waals surface area contributed by atoms with Crippen molar-refractivity contribution in [3.8, 4) is 0 Å². The number of hydrogen-bond acceptors (Lipinski definition) is 2. The molecule has 0 saturated heterocycles. The fourth-order valence-electron chi connectivity index (χ4n) is 4.71. The molecule has 0 aromatic heterocycles. The second-order valence-electron chi connectivity index (χ2n) is 9.41. The van der Waals surface area contributed by atoms with Crippen molar-refractivity contribution < 1.29 is 31.1 Å². The number of ether oxygens (including phenoxy) is 1.